The maximum Gasteiger partial charge on any atom is 0.123 e. The highest BCUT2D eigenvalue weighted by molar-refractivity contribution is 6.30. The summed E-state index contributed by atoms with van der Waals surface area (Å²) in [5.74, 6) is 1.50. The lowest BCUT2D eigenvalue weighted by atomic mass is 10.1. The lowest BCUT2D eigenvalue weighted by Gasteiger charge is -2.18. The van der Waals surface area contributed by atoms with Crippen molar-refractivity contribution in [3.8, 4) is 5.75 Å². The summed E-state index contributed by atoms with van der Waals surface area (Å²) in [6.45, 7) is 7.37. The van der Waals surface area contributed by atoms with Gasteiger partial charge in [0.1, 0.15) is 5.75 Å². The Labute approximate surface area is 103 Å². The molecule has 1 aromatic rings. The Morgan fingerprint density at radius 2 is 2.00 bits per heavy atom. The minimum atomic E-state index is 0.476. The van der Waals surface area contributed by atoms with Gasteiger partial charge in [-0.1, -0.05) is 25.4 Å². The van der Waals surface area contributed by atoms with Crippen LogP contribution in [0.25, 0.3) is 0 Å². The molecule has 0 saturated heterocycles. The SMILES string of the molecule is COc1ccc(Cl)cc1CNC(C)C(C)C. The second-order valence-electron chi connectivity index (χ2n) is 4.37. The number of ether oxygens (including phenoxy) is 1. The fourth-order valence-electron chi connectivity index (χ4n) is 1.39. The van der Waals surface area contributed by atoms with Gasteiger partial charge in [-0.05, 0) is 31.0 Å². The van der Waals surface area contributed by atoms with Crippen LogP contribution in [-0.2, 0) is 6.54 Å². The molecular weight excluding hydrogens is 222 g/mol. The van der Waals surface area contributed by atoms with E-state index < -0.39 is 0 Å². The zero-order valence-corrected chi connectivity index (χ0v) is 11.1. The molecule has 0 amide bonds. The van der Waals surface area contributed by atoms with E-state index >= 15 is 0 Å². The van der Waals surface area contributed by atoms with E-state index in [9.17, 15) is 0 Å². The molecule has 0 aromatic heterocycles. The van der Waals surface area contributed by atoms with Crippen LogP contribution in [0.3, 0.4) is 0 Å². The molecule has 0 aliphatic rings. The summed E-state index contributed by atoms with van der Waals surface area (Å²) in [6.07, 6.45) is 0. The highest BCUT2D eigenvalue weighted by Gasteiger charge is 2.08. The lowest BCUT2D eigenvalue weighted by molar-refractivity contribution is 0.395. The minimum absolute atomic E-state index is 0.476. The summed E-state index contributed by atoms with van der Waals surface area (Å²) in [6, 6.07) is 6.17. The molecule has 1 rings (SSSR count). The molecule has 1 unspecified atom stereocenters. The number of hydrogen-bond donors (Lipinski definition) is 1. The number of halogens is 1. The van der Waals surface area contributed by atoms with Crippen molar-refractivity contribution in [2.75, 3.05) is 7.11 Å². The third kappa shape index (κ3) is 3.69. The van der Waals surface area contributed by atoms with Gasteiger partial charge >= 0.3 is 0 Å². The molecule has 1 aromatic carbocycles. The monoisotopic (exact) mass is 241 g/mol. The summed E-state index contributed by atoms with van der Waals surface area (Å²) in [5, 5.41) is 4.21. The van der Waals surface area contributed by atoms with E-state index in [1.807, 2.05) is 18.2 Å². The van der Waals surface area contributed by atoms with Crippen molar-refractivity contribution < 1.29 is 4.74 Å². The largest absolute Gasteiger partial charge is 0.496 e. The van der Waals surface area contributed by atoms with Crippen molar-refractivity contribution in [1.82, 2.24) is 5.32 Å². The molecule has 0 fully saturated rings. The fourth-order valence-corrected chi connectivity index (χ4v) is 1.59. The Morgan fingerprint density at radius 1 is 1.31 bits per heavy atom. The zero-order chi connectivity index (χ0) is 12.1. The molecule has 0 heterocycles. The fraction of sp³-hybridized carbons (Fsp3) is 0.538. The summed E-state index contributed by atoms with van der Waals surface area (Å²) in [4.78, 5) is 0. The Balaban J connectivity index is 2.68. The van der Waals surface area contributed by atoms with Crippen LogP contribution < -0.4 is 10.1 Å². The van der Waals surface area contributed by atoms with Gasteiger partial charge in [0.05, 0.1) is 7.11 Å². The Kier molecular flexibility index (Phi) is 5.10. The molecule has 0 radical (unpaired) electrons. The Hall–Kier alpha value is -0.730. The molecule has 0 saturated carbocycles. The van der Waals surface area contributed by atoms with Crippen LogP contribution in [-0.4, -0.2) is 13.2 Å². The molecule has 16 heavy (non-hydrogen) atoms. The van der Waals surface area contributed by atoms with Gasteiger partial charge in [-0.3, -0.25) is 0 Å². The first kappa shape index (κ1) is 13.3. The number of rotatable bonds is 5. The van der Waals surface area contributed by atoms with Gasteiger partial charge < -0.3 is 10.1 Å². The number of nitrogens with one attached hydrogen (secondary N) is 1. The maximum absolute atomic E-state index is 5.97. The third-order valence-corrected chi connectivity index (χ3v) is 3.09. The number of benzene rings is 1. The van der Waals surface area contributed by atoms with Gasteiger partial charge in [0.25, 0.3) is 0 Å². The van der Waals surface area contributed by atoms with Gasteiger partial charge in [-0.2, -0.15) is 0 Å². The van der Waals surface area contributed by atoms with Crippen LogP contribution >= 0.6 is 11.6 Å². The maximum atomic E-state index is 5.97. The van der Waals surface area contributed by atoms with Crippen LogP contribution in [0.2, 0.25) is 5.02 Å². The van der Waals surface area contributed by atoms with Crippen LogP contribution in [0.5, 0.6) is 5.75 Å². The minimum Gasteiger partial charge on any atom is -0.496 e. The van der Waals surface area contributed by atoms with Crippen LogP contribution in [0.4, 0.5) is 0 Å². The van der Waals surface area contributed by atoms with Crippen molar-refractivity contribution in [3.63, 3.8) is 0 Å². The first-order valence-electron chi connectivity index (χ1n) is 5.60. The molecule has 1 N–H and O–H groups in total. The van der Waals surface area contributed by atoms with E-state index in [2.05, 4.69) is 26.1 Å². The first-order chi connectivity index (χ1) is 7.54. The van der Waals surface area contributed by atoms with Gasteiger partial charge in [-0.15, -0.1) is 0 Å². The van der Waals surface area contributed by atoms with E-state index in [0.29, 0.717) is 12.0 Å². The Bertz CT molecular complexity index is 339. The van der Waals surface area contributed by atoms with E-state index in [1.165, 1.54) is 0 Å². The van der Waals surface area contributed by atoms with E-state index in [4.69, 9.17) is 16.3 Å². The number of hydrogen-bond acceptors (Lipinski definition) is 2. The van der Waals surface area contributed by atoms with Crippen molar-refractivity contribution >= 4 is 11.6 Å². The smallest absolute Gasteiger partial charge is 0.123 e. The predicted octanol–water partition coefficient (Wildman–Crippen LogP) is 3.48. The molecule has 90 valence electrons. The molecule has 3 heteroatoms. The van der Waals surface area contributed by atoms with Crippen LogP contribution in [0.15, 0.2) is 18.2 Å². The zero-order valence-electron chi connectivity index (χ0n) is 10.4. The van der Waals surface area contributed by atoms with Crippen molar-refractivity contribution in [2.45, 2.75) is 33.4 Å². The second kappa shape index (κ2) is 6.12. The standard InChI is InChI=1S/C13H20ClNO/c1-9(2)10(3)15-8-11-7-12(14)5-6-13(11)16-4/h5-7,9-10,15H,8H2,1-4H3. The van der Waals surface area contributed by atoms with Crippen LogP contribution in [0, 0.1) is 5.92 Å². The molecule has 1 atom stereocenters. The highest BCUT2D eigenvalue weighted by Crippen LogP contribution is 2.22. The normalized spacial score (nSPS) is 12.9. The quantitative estimate of drug-likeness (QED) is 0.852. The van der Waals surface area contributed by atoms with E-state index in [-0.39, 0.29) is 0 Å². The highest BCUT2D eigenvalue weighted by atomic mass is 35.5. The van der Waals surface area contributed by atoms with E-state index in [0.717, 1.165) is 22.9 Å². The first-order valence-corrected chi connectivity index (χ1v) is 5.98. The molecule has 0 spiro atoms. The molecule has 2 nitrogen and oxygen atoms in total. The summed E-state index contributed by atoms with van der Waals surface area (Å²) in [5.41, 5.74) is 1.10. The second-order valence-corrected chi connectivity index (χ2v) is 4.81. The summed E-state index contributed by atoms with van der Waals surface area (Å²) in [7, 11) is 1.68. The average Bonchev–Trinajstić information content (AvgIpc) is 2.25. The predicted molar refractivity (Wildman–Crippen MR) is 69.1 cm³/mol. The van der Waals surface area contributed by atoms with Crippen molar-refractivity contribution in [1.29, 1.82) is 0 Å². The Morgan fingerprint density at radius 3 is 2.56 bits per heavy atom. The summed E-state index contributed by atoms with van der Waals surface area (Å²) >= 11 is 5.97. The summed E-state index contributed by atoms with van der Waals surface area (Å²) < 4.78 is 5.29. The average molecular weight is 242 g/mol. The lowest BCUT2D eigenvalue weighted by Crippen LogP contribution is -2.30. The topological polar surface area (TPSA) is 21.3 Å². The molecular formula is C13H20ClNO. The number of methoxy groups -OCH3 is 1. The molecule has 0 bridgehead atoms. The van der Waals surface area contributed by atoms with E-state index in [1.54, 1.807) is 7.11 Å². The van der Waals surface area contributed by atoms with Gasteiger partial charge in [0, 0.05) is 23.2 Å². The van der Waals surface area contributed by atoms with Crippen LogP contribution in [0.1, 0.15) is 26.3 Å². The van der Waals surface area contributed by atoms with Gasteiger partial charge in [-0.25, -0.2) is 0 Å². The van der Waals surface area contributed by atoms with Crippen molar-refractivity contribution in [2.24, 2.45) is 5.92 Å². The molecule has 0 aliphatic heterocycles. The van der Waals surface area contributed by atoms with Crippen molar-refractivity contribution in [3.05, 3.63) is 28.8 Å². The molecule has 0 aliphatic carbocycles. The third-order valence-electron chi connectivity index (χ3n) is 2.86. The van der Waals surface area contributed by atoms with Gasteiger partial charge in [0.15, 0.2) is 0 Å². The van der Waals surface area contributed by atoms with Gasteiger partial charge in [0.2, 0.25) is 0 Å².